The smallest absolute Gasteiger partial charge is 0.0948 e. The molecule has 0 atom stereocenters. The van der Waals surface area contributed by atoms with E-state index >= 15 is 0 Å². The summed E-state index contributed by atoms with van der Waals surface area (Å²) in [6.07, 6.45) is 12.3. The highest BCUT2D eigenvalue weighted by Crippen LogP contribution is 2.38. The SMILES string of the molecule is NCCOCCOCCNC(c1ccccc1)(c1ccccc1)c1ccc(C2CCCCCCCCC2)cc1. The van der Waals surface area contributed by atoms with Crippen LogP contribution in [0, 0.1) is 0 Å². The summed E-state index contributed by atoms with van der Waals surface area (Å²) in [6, 6.07) is 31.2. The molecule has 0 aromatic heterocycles. The molecule has 1 aliphatic carbocycles. The minimum absolute atomic E-state index is 0.475. The maximum absolute atomic E-state index is 5.89. The molecule has 4 rings (SSSR count). The average Bonchev–Trinajstić information content (AvgIpc) is 3.00. The van der Waals surface area contributed by atoms with Crippen LogP contribution in [0.1, 0.15) is 86.0 Å². The Morgan fingerprint density at radius 2 is 1.08 bits per heavy atom. The number of rotatable bonds is 13. The third-order valence-corrected chi connectivity index (χ3v) is 8.10. The topological polar surface area (TPSA) is 56.5 Å². The molecule has 1 aliphatic rings. The Morgan fingerprint density at radius 3 is 1.62 bits per heavy atom. The minimum Gasteiger partial charge on any atom is -0.378 e. The lowest BCUT2D eigenvalue weighted by Gasteiger charge is -2.37. The number of nitrogens with two attached hydrogens (primary N) is 1. The lowest BCUT2D eigenvalue weighted by atomic mass is 9.76. The Balaban J connectivity index is 1.59. The van der Waals surface area contributed by atoms with E-state index in [1.54, 1.807) is 0 Å². The fraction of sp³-hybridized carbons (Fsp3) is 0.486. The van der Waals surface area contributed by atoms with E-state index in [1.807, 2.05) is 0 Å². The Morgan fingerprint density at radius 1 is 0.590 bits per heavy atom. The lowest BCUT2D eigenvalue weighted by Crippen LogP contribution is -2.46. The summed E-state index contributed by atoms with van der Waals surface area (Å²) in [6.45, 7) is 3.57. The third-order valence-electron chi connectivity index (χ3n) is 8.10. The van der Waals surface area contributed by atoms with E-state index in [0.29, 0.717) is 45.4 Å². The third kappa shape index (κ3) is 8.49. The minimum atomic E-state index is -0.475. The van der Waals surface area contributed by atoms with Crippen molar-refractivity contribution in [3.63, 3.8) is 0 Å². The van der Waals surface area contributed by atoms with Crippen LogP contribution in [-0.2, 0) is 15.0 Å². The van der Waals surface area contributed by atoms with Gasteiger partial charge < -0.3 is 15.2 Å². The van der Waals surface area contributed by atoms with E-state index in [-0.39, 0.29) is 0 Å². The van der Waals surface area contributed by atoms with Gasteiger partial charge in [-0.3, -0.25) is 5.32 Å². The van der Waals surface area contributed by atoms with Crippen molar-refractivity contribution >= 4 is 0 Å². The van der Waals surface area contributed by atoms with Crippen LogP contribution >= 0.6 is 0 Å². The Labute approximate surface area is 236 Å². The second-order valence-electron chi connectivity index (χ2n) is 10.8. The maximum Gasteiger partial charge on any atom is 0.0948 e. The largest absolute Gasteiger partial charge is 0.378 e. The summed E-state index contributed by atoms with van der Waals surface area (Å²) in [5, 5.41) is 3.93. The molecule has 1 saturated carbocycles. The molecule has 0 saturated heterocycles. The fourth-order valence-corrected chi connectivity index (χ4v) is 6.05. The van der Waals surface area contributed by atoms with Gasteiger partial charge in [-0.1, -0.05) is 130 Å². The van der Waals surface area contributed by atoms with Crippen LogP contribution in [0.25, 0.3) is 0 Å². The number of nitrogens with one attached hydrogen (secondary N) is 1. The highest BCUT2D eigenvalue weighted by molar-refractivity contribution is 5.50. The van der Waals surface area contributed by atoms with Gasteiger partial charge >= 0.3 is 0 Å². The molecular formula is C35H48N2O2. The highest BCUT2D eigenvalue weighted by atomic mass is 16.5. The van der Waals surface area contributed by atoms with Crippen LogP contribution in [0.3, 0.4) is 0 Å². The predicted octanol–water partition coefficient (Wildman–Crippen LogP) is 7.17. The molecule has 210 valence electrons. The van der Waals surface area contributed by atoms with E-state index in [4.69, 9.17) is 15.2 Å². The van der Waals surface area contributed by atoms with Gasteiger partial charge in [-0.2, -0.15) is 0 Å². The molecule has 3 aromatic carbocycles. The molecule has 0 aliphatic heterocycles. The quantitative estimate of drug-likeness (QED) is 0.182. The molecule has 0 unspecified atom stereocenters. The number of hydrogen-bond donors (Lipinski definition) is 2. The van der Waals surface area contributed by atoms with Crippen molar-refractivity contribution < 1.29 is 9.47 Å². The molecule has 0 amide bonds. The Hall–Kier alpha value is -2.50. The van der Waals surface area contributed by atoms with Gasteiger partial charge in [-0.15, -0.1) is 0 Å². The maximum atomic E-state index is 5.89. The van der Waals surface area contributed by atoms with E-state index < -0.39 is 5.54 Å². The summed E-state index contributed by atoms with van der Waals surface area (Å²) >= 11 is 0. The van der Waals surface area contributed by atoms with E-state index in [2.05, 4.69) is 90.2 Å². The van der Waals surface area contributed by atoms with Gasteiger partial charge in [0.05, 0.1) is 32.0 Å². The monoisotopic (exact) mass is 528 g/mol. The normalized spacial score (nSPS) is 15.7. The summed E-state index contributed by atoms with van der Waals surface area (Å²) in [5.41, 5.74) is 10.2. The number of ether oxygens (including phenoxy) is 2. The van der Waals surface area contributed by atoms with Gasteiger partial charge in [0.1, 0.15) is 0 Å². The van der Waals surface area contributed by atoms with Gasteiger partial charge in [-0.05, 0) is 41.0 Å². The predicted molar refractivity (Wildman–Crippen MR) is 162 cm³/mol. The van der Waals surface area contributed by atoms with Crippen LogP contribution in [-0.4, -0.2) is 39.5 Å². The first-order valence-corrected chi connectivity index (χ1v) is 15.2. The van der Waals surface area contributed by atoms with E-state index in [0.717, 1.165) is 0 Å². The van der Waals surface area contributed by atoms with E-state index in [9.17, 15) is 0 Å². The zero-order valence-electron chi connectivity index (χ0n) is 23.7. The van der Waals surface area contributed by atoms with Crippen LogP contribution in [0.5, 0.6) is 0 Å². The van der Waals surface area contributed by atoms with Crippen molar-refractivity contribution in [2.24, 2.45) is 5.73 Å². The zero-order valence-corrected chi connectivity index (χ0v) is 23.7. The average molecular weight is 529 g/mol. The summed E-state index contributed by atoms with van der Waals surface area (Å²) in [4.78, 5) is 0. The standard InChI is InChI=1S/C35H48N2O2/c36-24-26-38-28-29-39-27-25-37-35(32-16-10-6-11-17-32,33-18-12-7-13-19-33)34-22-20-31(21-23-34)30-14-8-4-2-1-3-5-9-15-30/h6-7,10-13,16-23,30,37H,1-5,8-9,14-15,24-29,36H2. The molecule has 3 aromatic rings. The Bertz CT molecular complexity index is 990. The molecular weight excluding hydrogens is 480 g/mol. The Kier molecular flexibility index (Phi) is 12.5. The van der Waals surface area contributed by atoms with Gasteiger partial charge in [0.2, 0.25) is 0 Å². The van der Waals surface area contributed by atoms with Crippen molar-refractivity contribution in [1.82, 2.24) is 5.32 Å². The van der Waals surface area contributed by atoms with Crippen molar-refractivity contribution in [2.75, 3.05) is 39.5 Å². The van der Waals surface area contributed by atoms with Crippen molar-refractivity contribution in [1.29, 1.82) is 0 Å². The molecule has 0 bridgehead atoms. The molecule has 1 fully saturated rings. The summed E-state index contributed by atoms with van der Waals surface area (Å²) < 4.78 is 11.4. The van der Waals surface area contributed by atoms with Gasteiger partial charge in [-0.25, -0.2) is 0 Å². The van der Waals surface area contributed by atoms with Crippen LogP contribution < -0.4 is 11.1 Å². The lowest BCUT2D eigenvalue weighted by molar-refractivity contribution is 0.0507. The van der Waals surface area contributed by atoms with Crippen molar-refractivity contribution in [3.05, 3.63) is 107 Å². The molecule has 4 heteroatoms. The second kappa shape index (κ2) is 16.6. The zero-order chi connectivity index (χ0) is 27.0. The first-order valence-electron chi connectivity index (χ1n) is 15.2. The molecule has 0 spiro atoms. The van der Waals surface area contributed by atoms with Crippen LogP contribution in [0.15, 0.2) is 84.9 Å². The molecule has 39 heavy (non-hydrogen) atoms. The second-order valence-corrected chi connectivity index (χ2v) is 10.8. The molecule has 3 N–H and O–H groups in total. The van der Waals surface area contributed by atoms with Gasteiger partial charge in [0, 0.05) is 13.1 Å². The first-order chi connectivity index (χ1) is 19.3. The van der Waals surface area contributed by atoms with Crippen LogP contribution in [0.2, 0.25) is 0 Å². The summed E-state index contributed by atoms with van der Waals surface area (Å²) in [7, 11) is 0. The molecule has 0 heterocycles. The number of hydrogen-bond acceptors (Lipinski definition) is 4. The van der Waals surface area contributed by atoms with Gasteiger partial charge in [0.25, 0.3) is 0 Å². The van der Waals surface area contributed by atoms with E-state index in [1.165, 1.54) is 80.0 Å². The molecule has 0 radical (unpaired) electrons. The van der Waals surface area contributed by atoms with Gasteiger partial charge in [0.15, 0.2) is 0 Å². The van der Waals surface area contributed by atoms with Crippen LogP contribution in [0.4, 0.5) is 0 Å². The fourth-order valence-electron chi connectivity index (χ4n) is 6.05. The number of benzene rings is 3. The van der Waals surface area contributed by atoms with Crippen molar-refractivity contribution in [2.45, 2.75) is 69.2 Å². The molecule has 4 nitrogen and oxygen atoms in total. The summed E-state index contributed by atoms with van der Waals surface area (Å²) in [5.74, 6) is 0.669. The first kappa shape index (κ1) is 29.5. The highest BCUT2D eigenvalue weighted by Gasteiger charge is 2.35. The van der Waals surface area contributed by atoms with Crippen molar-refractivity contribution in [3.8, 4) is 0 Å².